The molecular weight excluding hydrogens is 835 g/mol. The van der Waals surface area contributed by atoms with Crippen molar-refractivity contribution in [3.63, 3.8) is 0 Å². The number of rotatable bonds is 17. The van der Waals surface area contributed by atoms with Crippen molar-refractivity contribution >= 4 is 29.5 Å². The minimum atomic E-state index is -1.41. The number of carbonyl (C=O) groups excluding carboxylic acids is 5. The maximum Gasteiger partial charge on any atom is 0.255 e. The van der Waals surface area contributed by atoms with Crippen LogP contribution in [-0.2, 0) is 25.6 Å². The van der Waals surface area contributed by atoms with Crippen LogP contribution in [0.4, 0.5) is 0 Å². The lowest BCUT2D eigenvalue weighted by Crippen LogP contribution is -2.56. The molecule has 0 saturated heterocycles. The molecule has 19 heteroatoms. The molecule has 5 amide bonds. The van der Waals surface area contributed by atoms with Gasteiger partial charge in [0.15, 0.2) is 5.82 Å². The fourth-order valence-electron chi connectivity index (χ4n) is 7.15. The minimum Gasteiger partial charge on any atom is -0.492 e. The van der Waals surface area contributed by atoms with Gasteiger partial charge in [0.25, 0.3) is 5.91 Å². The lowest BCUT2D eigenvalue weighted by molar-refractivity contribution is -0.141. The van der Waals surface area contributed by atoms with Crippen LogP contribution in [0.15, 0.2) is 66.9 Å². The standard InChI is InChI=1S/C46H57N11O8/c1-26(2)65-32-10-7-30(8-11-32)41-52-25-35(27(3)53-41)43(59)55-36(14-15-47)46(62)57(5)40-31-9-13-39(64-21-18-50)34(24-31)33-22-29(6-12-38(33)63-20-17-49)23-37(44(60)51-19-16-48)56-42(58)28(4)54-45(40)61/h6-13,22,24-26,28,36-37,40H,14-15,17-21,23,47,49-50H2,1-5H3,(H,51,60)(H,54,61)(H,55,59)(H,56,58). The highest BCUT2D eigenvalue weighted by Crippen LogP contribution is 2.40. The second kappa shape index (κ2) is 23.0. The summed E-state index contributed by atoms with van der Waals surface area (Å²) in [6.45, 7) is 7.29. The summed E-state index contributed by atoms with van der Waals surface area (Å²) in [6.07, 6.45) is 1.37. The van der Waals surface area contributed by atoms with E-state index in [4.69, 9.17) is 36.7 Å². The van der Waals surface area contributed by atoms with Crippen LogP contribution in [0.2, 0.25) is 0 Å². The molecule has 344 valence electrons. The summed E-state index contributed by atoms with van der Waals surface area (Å²) in [7, 11) is 1.40. The van der Waals surface area contributed by atoms with E-state index in [-0.39, 0.29) is 63.9 Å². The van der Waals surface area contributed by atoms with Gasteiger partial charge in [-0.15, -0.1) is 0 Å². The molecule has 1 aliphatic heterocycles. The Labute approximate surface area is 377 Å². The number of carbonyl (C=O) groups is 5. The summed E-state index contributed by atoms with van der Waals surface area (Å²) in [5, 5.41) is 19.8. The van der Waals surface area contributed by atoms with E-state index >= 15 is 0 Å². The predicted octanol–water partition coefficient (Wildman–Crippen LogP) is 1.41. The van der Waals surface area contributed by atoms with Gasteiger partial charge in [0, 0.05) is 49.4 Å². The Morgan fingerprint density at radius 3 is 2.20 bits per heavy atom. The van der Waals surface area contributed by atoms with Crippen molar-refractivity contribution in [2.45, 2.75) is 70.8 Å². The Hall–Kier alpha value is -7.14. The molecule has 2 heterocycles. The van der Waals surface area contributed by atoms with Crippen LogP contribution in [0.5, 0.6) is 17.2 Å². The first-order valence-electron chi connectivity index (χ1n) is 21.3. The zero-order valence-corrected chi connectivity index (χ0v) is 37.2. The second-order valence-corrected chi connectivity index (χ2v) is 15.6. The van der Waals surface area contributed by atoms with Crippen molar-refractivity contribution in [2.24, 2.45) is 17.2 Å². The molecule has 4 aromatic rings. The van der Waals surface area contributed by atoms with Crippen LogP contribution in [0.25, 0.3) is 22.5 Å². The van der Waals surface area contributed by atoms with E-state index in [1.54, 1.807) is 43.3 Å². The maximum absolute atomic E-state index is 14.6. The van der Waals surface area contributed by atoms with Crippen molar-refractivity contribution in [1.82, 2.24) is 36.1 Å². The molecule has 0 fully saturated rings. The van der Waals surface area contributed by atoms with E-state index in [9.17, 15) is 24.0 Å². The van der Waals surface area contributed by atoms with Gasteiger partial charge in [-0.2, -0.15) is 5.26 Å². The van der Waals surface area contributed by atoms with Gasteiger partial charge in [-0.3, -0.25) is 24.0 Å². The van der Waals surface area contributed by atoms with Gasteiger partial charge < -0.3 is 57.6 Å². The highest BCUT2D eigenvalue weighted by atomic mass is 16.5. The number of hydrogen-bond donors (Lipinski definition) is 7. The SMILES string of the molecule is Cc1nc(-c2ccc(OC(C)C)cc2)ncc1C(=O)NC(CCN)C(=O)N(C)C1C(=O)NC(C)C(=O)NC(C(=O)NCC#N)Cc2ccc(OCCN)c(c2)-c2cc1ccc2OCCN. The Balaban J connectivity index is 1.55. The molecule has 0 spiro atoms. The third-order valence-electron chi connectivity index (χ3n) is 10.3. The summed E-state index contributed by atoms with van der Waals surface area (Å²) in [4.78, 5) is 80.2. The summed E-state index contributed by atoms with van der Waals surface area (Å²) in [5.74, 6) is -1.57. The zero-order valence-electron chi connectivity index (χ0n) is 37.2. The minimum absolute atomic E-state index is 0.00137. The molecule has 0 radical (unpaired) electrons. The highest BCUT2D eigenvalue weighted by Gasteiger charge is 2.36. The number of nitrogens with zero attached hydrogens (tertiary/aromatic N) is 4. The van der Waals surface area contributed by atoms with Crippen LogP contribution < -0.4 is 52.7 Å². The number of aromatic nitrogens is 2. The van der Waals surface area contributed by atoms with Crippen LogP contribution in [-0.4, -0.2) is 115 Å². The Morgan fingerprint density at radius 1 is 0.923 bits per heavy atom. The monoisotopic (exact) mass is 891 g/mol. The molecule has 19 nitrogen and oxygen atoms in total. The Kier molecular flexibility index (Phi) is 17.3. The van der Waals surface area contributed by atoms with Gasteiger partial charge in [-0.05, 0) is 100 Å². The number of ether oxygens (including phenoxy) is 3. The number of nitriles is 1. The average molecular weight is 892 g/mol. The molecule has 10 N–H and O–H groups in total. The van der Waals surface area contributed by atoms with E-state index < -0.39 is 53.7 Å². The normalized spacial score (nSPS) is 16.5. The van der Waals surface area contributed by atoms with Crippen molar-refractivity contribution in [3.8, 4) is 45.8 Å². The van der Waals surface area contributed by atoms with Gasteiger partial charge in [-0.25, -0.2) is 9.97 Å². The van der Waals surface area contributed by atoms with E-state index in [1.165, 1.54) is 25.1 Å². The molecular formula is C46H57N11O8. The lowest BCUT2D eigenvalue weighted by atomic mass is 9.93. The topological polar surface area (TPSA) is 292 Å². The van der Waals surface area contributed by atoms with Crippen LogP contribution in [0.3, 0.4) is 0 Å². The molecule has 65 heavy (non-hydrogen) atoms. The first kappa shape index (κ1) is 48.9. The molecule has 4 unspecified atom stereocenters. The fraction of sp³-hybridized carbons (Fsp3) is 0.391. The van der Waals surface area contributed by atoms with Gasteiger partial charge >= 0.3 is 0 Å². The maximum atomic E-state index is 14.6. The van der Waals surface area contributed by atoms with Gasteiger partial charge in [0.1, 0.15) is 61.2 Å². The second-order valence-electron chi connectivity index (χ2n) is 15.6. The van der Waals surface area contributed by atoms with Crippen molar-refractivity contribution in [2.75, 3.05) is 46.4 Å². The lowest BCUT2D eigenvalue weighted by Gasteiger charge is -2.32. The van der Waals surface area contributed by atoms with E-state index in [2.05, 4.69) is 31.2 Å². The van der Waals surface area contributed by atoms with Gasteiger partial charge in [0.05, 0.1) is 23.4 Å². The van der Waals surface area contributed by atoms with Crippen LogP contribution in [0, 0.1) is 18.3 Å². The number of amides is 5. The van der Waals surface area contributed by atoms with Crippen LogP contribution >= 0.6 is 0 Å². The molecule has 1 aromatic heterocycles. The molecule has 1 aliphatic rings. The summed E-state index contributed by atoms with van der Waals surface area (Å²) >= 11 is 0. The molecule has 0 saturated carbocycles. The molecule has 4 atom stereocenters. The largest absolute Gasteiger partial charge is 0.492 e. The number of hydrogen-bond acceptors (Lipinski definition) is 14. The van der Waals surface area contributed by atoms with Crippen molar-refractivity contribution in [1.29, 1.82) is 5.26 Å². The number of benzene rings is 3. The zero-order chi connectivity index (χ0) is 47.2. The molecule has 4 bridgehead atoms. The van der Waals surface area contributed by atoms with E-state index in [0.29, 0.717) is 56.6 Å². The molecule has 3 aromatic carbocycles. The van der Waals surface area contributed by atoms with Crippen LogP contribution in [0.1, 0.15) is 60.4 Å². The van der Waals surface area contributed by atoms with E-state index in [0.717, 1.165) is 0 Å². The Bertz CT molecular complexity index is 2390. The van der Waals surface area contributed by atoms with Gasteiger partial charge in [-0.1, -0.05) is 12.1 Å². The summed E-state index contributed by atoms with van der Waals surface area (Å²) in [5.41, 5.74) is 20.7. The van der Waals surface area contributed by atoms with Crippen molar-refractivity contribution in [3.05, 3.63) is 89.2 Å². The third kappa shape index (κ3) is 12.5. The quantitative estimate of drug-likeness (QED) is 0.0739. The average Bonchev–Trinajstić information content (AvgIpc) is 3.28. The Morgan fingerprint density at radius 2 is 1.58 bits per heavy atom. The summed E-state index contributed by atoms with van der Waals surface area (Å²) in [6, 6.07) is 14.2. The number of fused-ring (bicyclic) bond motifs is 5. The third-order valence-corrected chi connectivity index (χ3v) is 10.3. The van der Waals surface area contributed by atoms with Crippen molar-refractivity contribution < 1.29 is 38.2 Å². The number of nitrogens with one attached hydrogen (secondary N) is 4. The first-order chi connectivity index (χ1) is 31.2. The highest BCUT2D eigenvalue weighted by molar-refractivity contribution is 6.00. The first-order valence-corrected chi connectivity index (χ1v) is 21.3. The molecule has 0 aliphatic carbocycles. The predicted molar refractivity (Wildman–Crippen MR) is 241 cm³/mol. The molecule has 5 rings (SSSR count). The van der Waals surface area contributed by atoms with Gasteiger partial charge in [0.2, 0.25) is 23.6 Å². The number of aryl methyl sites for hydroxylation is 1. The number of nitrogens with two attached hydrogens (primary N) is 3. The van der Waals surface area contributed by atoms with E-state index in [1.807, 2.05) is 44.2 Å². The summed E-state index contributed by atoms with van der Waals surface area (Å²) < 4.78 is 17.9. The smallest absolute Gasteiger partial charge is 0.255 e. The fourth-order valence-corrected chi connectivity index (χ4v) is 7.15. The number of likely N-dealkylation sites (N-methyl/N-ethyl adjacent to an activating group) is 1.